The van der Waals surface area contributed by atoms with Crippen LogP contribution in [-0.4, -0.2) is 17.1 Å². The van der Waals surface area contributed by atoms with Crippen molar-refractivity contribution in [2.45, 2.75) is 6.54 Å². The molecule has 3 N–H and O–H groups in total. The fourth-order valence-electron chi connectivity index (χ4n) is 2.48. The molecule has 27 heavy (non-hydrogen) atoms. The summed E-state index contributed by atoms with van der Waals surface area (Å²) in [7, 11) is 0. The maximum absolute atomic E-state index is 13.2. The first kappa shape index (κ1) is 19.1. The molecule has 0 saturated heterocycles. The van der Waals surface area contributed by atoms with Gasteiger partial charge in [-0.05, 0) is 35.4 Å². The Hall–Kier alpha value is -2.71. The number of hydrogen-bond donors (Lipinski definition) is 3. The quantitative estimate of drug-likeness (QED) is 0.492. The topological polar surface area (TPSA) is 78.4 Å². The number of rotatable bonds is 5. The highest BCUT2D eigenvalue weighted by Crippen LogP contribution is 2.36. The minimum atomic E-state index is -1.13. The van der Waals surface area contributed by atoms with Crippen LogP contribution in [0.2, 0.25) is 0 Å². The SMILES string of the molecule is O=C(NCc1cccc(F)c1)Nc1scc(-c2ccc(Br)cc2)c1C(=O)O. The third-order valence-corrected chi connectivity index (χ3v) is 5.15. The first-order valence-electron chi connectivity index (χ1n) is 7.84. The number of carboxylic acids is 1. The van der Waals surface area contributed by atoms with Gasteiger partial charge in [-0.2, -0.15) is 0 Å². The van der Waals surface area contributed by atoms with Crippen molar-refractivity contribution in [2.24, 2.45) is 0 Å². The number of aromatic carboxylic acids is 1. The standard InChI is InChI=1S/C19H14BrFN2O3S/c20-13-6-4-12(5-7-13)15-10-27-17(16(15)18(24)25)23-19(26)22-9-11-2-1-3-14(21)8-11/h1-8,10H,9H2,(H,24,25)(H2,22,23,26). The van der Waals surface area contributed by atoms with Gasteiger partial charge in [-0.1, -0.05) is 40.2 Å². The molecule has 0 radical (unpaired) electrons. The Labute approximate surface area is 167 Å². The van der Waals surface area contributed by atoms with Gasteiger partial charge < -0.3 is 10.4 Å². The summed E-state index contributed by atoms with van der Waals surface area (Å²) in [5.41, 5.74) is 1.90. The van der Waals surface area contributed by atoms with Crippen LogP contribution in [0.4, 0.5) is 14.2 Å². The summed E-state index contributed by atoms with van der Waals surface area (Å²) in [6.07, 6.45) is 0. The summed E-state index contributed by atoms with van der Waals surface area (Å²) in [6, 6.07) is 12.5. The van der Waals surface area contributed by atoms with Gasteiger partial charge in [-0.15, -0.1) is 11.3 Å². The molecule has 1 aromatic heterocycles. The highest BCUT2D eigenvalue weighted by Gasteiger charge is 2.21. The molecular formula is C19H14BrFN2O3S. The summed E-state index contributed by atoms with van der Waals surface area (Å²) >= 11 is 4.47. The van der Waals surface area contributed by atoms with Crippen LogP contribution in [0.25, 0.3) is 11.1 Å². The average Bonchev–Trinajstić information content (AvgIpc) is 3.04. The lowest BCUT2D eigenvalue weighted by atomic mass is 10.0. The molecular weight excluding hydrogens is 435 g/mol. The van der Waals surface area contributed by atoms with Gasteiger partial charge in [0.1, 0.15) is 16.4 Å². The number of nitrogens with one attached hydrogen (secondary N) is 2. The molecule has 0 bridgehead atoms. The first-order valence-corrected chi connectivity index (χ1v) is 9.51. The zero-order valence-electron chi connectivity index (χ0n) is 13.8. The van der Waals surface area contributed by atoms with E-state index in [1.54, 1.807) is 29.6 Å². The van der Waals surface area contributed by atoms with Crippen LogP contribution in [-0.2, 0) is 6.54 Å². The highest BCUT2D eigenvalue weighted by atomic mass is 79.9. The Balaban J connectivity index is 1.75. The third kappa shape index (κ3) is 4.72. The molecule has 3 rings (SSSR count). The van der Waals surface area contributed by atoms with Gasteiger partial charge in [-0.25, -0.2) is 14.0 Å². The fourth-order valence-corrected chi connectivity index (χ4v) is 3.70. The molecule has 0 saturated carbocycles. The van der Waals surface area contributed by atoms with Crippen LogP contribution in [0.5, 0.6) is 0 Å². The summed E-state index contributed by atoms with van der Waals surface area (Å²) in [5, 5.41) is 16.7. The second-order valence-corrected chi connectivity index (χ2v) is 7.40. The van der Waals surface area contributed by atoms with Gasteiger partial charge in [0.2, 0.25) is 0 Å². The van der Waals surface area contributed by atoms with Crippen LogP contribution in [0.1, 0.15) is 15.9 Å². The van der Waals surface area contributed by atoms with E-state index in [2.05, 4.69) is 26.6 Å². The molecule has 0 unspecified atom stereocenters. The number of benzene rings is 2. The highest BCUT2D eigenvalue weighted by molar-refractivity contribution is 9.10. The minimum Gasteiger partial charge on any atom is -0.478 e. The zero-order valence-corrected chi connectivity index (χ0v) is 16.2. The van der Waals surface area contributed by atoms with Crippen LogP contribution in [0.15, 0.2) is 58.4 Å². The molecule has 2 amide bonds. The second-order valence-electron chi connectivity index (χ2n) is 5.60. The molecule has 0 aliphatic rings. The summed E-state index contributed by atoms with van der Waals surface area (Å²) in [6.45, 7) is 0.122. The Bertz CT molecular complexity index is 989. The summed E-state index contributed by atoms with van der Waals surface area (Å²) in [4.78, 5) is 23.9. The molecule has 0 aliphatic heterocycles. The number of amides is 2. The predicted molar refractivity (Wildman–Crippen MR) is 107 cm³/mol. The number of carbonyl (C=O) groups excluding carboxylic acids is 1. The van der Waals surface area contributed by atoms with Gasteiger partial charge in [0.05, 0.1) is 0 Å². The van der Waals surface area contributed by atoms with Gasteiger partial charge in [0.25, 0.3) is 0 Å². The Morgan fingerprint density at radius 1 is 1.15 bits per heavy atom. The monoisotopic (exact) mass is 448 g/mol. The number of carbonyl (C=O) groups is 2. The lowest BCUT2D eigenvalue weighted by Gasteiger charge is -2.08. The van der Waals surface area contributed by atoms with E-state index in [0.717, 1.165) is 21.4 Å². The van der Waals surface area contributed by atoms with Crippen molar-refractivity contribution in [3.8, 4) is 11.1 Å². The van der Waals surface area contributed by atoms with Crippen LogP contribution >= 0.6 is 27.3 Å². The van der Waals surface area contributed by atoms with E-state index in [1.807, 2.05) is 12.1 Å². The molecule has 8 heteroatoms. The Kier molecular flexibility index (Phi) is 5.88. The second kappa shape index (κ2) is 8.32. The first-order chi connectivity index (χ1) is 12.9. The van der Waals surface area contributed by atoms with E-state index in [1.165, 1.54) is 12.1 Å². The van der Waals surface area contributed by atoms with Crippen LogP contribution in [0.3, 0.4) is 0 Å². The lowest BCUT2D eigenvalue weighted by Crippen LogP contribution is -2.28. The number of carboxylic acid groups (broad SMARTS) is 1. The van der Waals surface area contributed by atoms with Crippen molar-refractivity contribution in [2.75, 3.05) is 5.32 Å². The molecule has 2 aromatic carbocycles. The van der Waals surface area contributed by atoms with Crippen LogP contribution < -0.4 is 10.6 Å². The largest absolute Gasteiger partial charge is 0.478 e. The normalized spacial score (nSPS) is 10.4. The van der Waals surface area contributed by atoms with Crippen molar-refractivity contribution in [1.82, 2.24) is 5.32 Å². The third-order valence-electron chi connectivity index (χ3n) is 3.73. The minimum absolute atomic E-state index is 0.0308. The van der Waals surface area contributed by atoms with Crippen molar-refractivity contribution in [1.29, 1.82) is 0 Å². The van der Waals surface area contributed by atoms with E-state index in [9.17, 15) is 19.1 Å². The molecule has 0 atom stereocenters. The molecule has 5 nitrogen and oxygen atoms in total. The number of urea groups is 1. The number of halogens is 2. The smallest absolute Gasteiger partial charge is 0.339 e. The average molecular weight is 449 g/mol. The maximum Gasteiger partial charge on any atom is 0.339 e. The van der Waals surface area contributed by atoms with E-state index >= 15 is 0 Å². The van der Waals surface area contributed by atoms with Gasteiger partial charge in [-0.3, -0.25) is 5.32 Å². The molecule has 0 spiro atoms. The molecule has 0 fully saturated rings. The van der Waals surface area contributed by atoms with E-state index in [4.69, 9.17) is 0 Å². The maximum atomic E-state index is 13.2. The van der Waals surface area contributed by atoms with Gasteiger partial charge in [0.15, 0.2) is 0 Å². The summed E-state index contributed by atoms with van der Waals surface area (Å²) < 4.78 is 14.1. The predicted octanol–water partition coefficient (Wildman–Crippen LogP) is 5.34. The Morgan fingerprint density at radius 2 is 1.89 bits per heavy atom. The van der Waals surface area contributed by atoms with Crippen molar-refractivity contribution >= 4 is 44.3 Å². The van der Waals surface area contributed by atoms with E-state index in [-0.39, 0.29) is 22.9 Å². The van der Waals surface area contributed by atoms with E-state index in [0.29, 0.717) is 11.1 Å². The van der Waals surface area contributed by atoms with Crippen LogP contribution in [0, 0.1) is 5.82 Å². The summed E-state index contributed by atoms with van der Waals surface area (Å²) in [5.74, 6) is -1.52. The van der Waals surface area contributed by atoms with Crippen molar-refractivity contribution < 1.29 is 19.1 Å². The zero-order chi connectivity index (χ0) is 19.4. The lowest BCUT2D eigenvalue weighted by molar-refractivity contribution is 0.0699. The fraction of sp³-hybridized carbons (Fsp3) is 0.0526. The van der Waals surface area contributed by atoms with Gasteiger partial charge in [0, 0.05) is 22.0 Å². The number of hydrogen-bond acceptors (Lipinski definition) is 3. The molecule has 3 aromatic rings. The van der Waals surface area contributed by atoms with E-state index < -0.39 is 12.0 Å². The molecule has 138 valence electrons. The van der Waals surface area contributed by atoms with Crippen molar-refractivity contribution in [3.63, 3.8) is 0 Å². The number of thiophene rings is 1. The van der Waals surface area contributed by atoms with Crippen molar-refractivity contribution in [3.05, 3.63) is 75.3 Å². The molecule has 1 heterocycles. The Morgan fingerprint density at radius 3 is 2.56 bits per heavy atom. The number of anilines is 1. The molecule has 0 aliphatic carbocycles. The van der Waals surface area contributed by atoms with Gasteiger partial charge >= 0.3 is 12.0 Å².